The zero-order valence-electron chi connectivity index (χ0n) is 10.1. The summed E-state index contributed by atoms with van der Waals surface area (Å²) in [5, 5.41) is 8.82. The number of rotatable bonds is 6. The van der Waals surface area contributed by atoms with Gasteiger partial charge in [0.05, 0.1) is 6.10 Å². The van der Waals surface area contributed by atoms with Gasteiger partial charge in [0.15, 0.2) is 0 Å². The molecule has 1 aliphatic rings. The van der Waals surface area contributed by atoms with Gasteiger partial charge < -0.3 is 15.6 Å². The smallest absolute Gasteiger partial charge is 0.323 e. The Labute approximate surface area is 97.2 Å². The van der Waals surface area contributed by atoms with E-state index in [1.807, 2.05) is 0 Å². The molecular formula is C12H23NO3. The number of hydrogen-bond acceptors (Lipinski definition) is 3. The van der Waals surface area contributed by atoms with Crippen LogP contribution in [-0.2, 0) is 9.53 Å². The molecule has 1 aliphatic carbocycles. The first kappa shape index (κ1) is 13.5. The lowest BCUT2D eigenvalue weighted by atomic mass is 9.97. The number of carboxylic acids is 1. The first-order valence-electron chi connectivity index (χ1n) is 6.16. The molecule has 3 N–H and O–H groups in total. The zero-order chi connectivity index (χ0) is 12.0. The summed E-state index contributed by atoms with van der Waals surface area (Å²) in [6.07, 6.45) is 7.72. The van der Waals surface area contributed by atoms with Crippen LogP contribution >= 0.6 is 0 Å². The van der Waals surface area contributed by atoms with Crippen LogP contribution in [0.25, 0.3) is 0 Å². The molecule has 1 fully saturated rings. The lowest BCUT2D eigenvalue weighted by Crippen LogP contribution is -2.44. The minimum absolute atomic E-state index is 0.391. The molecule has 1 unspecified atom stereocenters. The zero-order valence-corrected chi connectivity index (χ0v) is 10.1. The predicted octanol–water partition coefficient (Wildman–Crippen LogP) is 1.92. The molecule has 0 spiro atoms. The van der Waals surface area contributed by atoms with Crippen molar-refractivity contribution in [1.29, 1.82) is 0 Å². The van der Waals surface area contributed by atoms with Crippen molar-refractivity contribution < 1.29 is 14.6 Å². The number of carbonyl (C=O) groups is 1. The van der Waals surface area contributed by atoms with E-state index in [1.165, 1.54) is 19.3 Å². The fourth-order valence-electron chi connectivity index (χ4n) is 2.03. The molecule has 0 radical (unpaired) electrons. The average molecular weight is 229 g/mol. The Morgan fingerprint density at radius 2 is 2.06 bits per heavy atom. The van der Waals surface area contributed by atoms with E-state index < -0.39 is 11.5 Å². The van der Waals surface area contributed by atoms with Gasteiger partial charge in [0.1, 0.15) is 5.54 Å². The SMILES string of the molecule is CC(N)(CCCOC1CCCCC1)C(=O)O. The van der Waals surface area contributed by atoms with E-state index in [-0.39, 0.29) is 0 Å². The van der Waals surface area contributed by atoms with Gasteiger partial charge in [-0.05, 0) is 32.6 Å². The van der Waals surface area contributed by atoms with Crippen LogP contribution in [-0.4, -0.2) is 29.3 Å². The Balaban J connectivity index is 2.09. The van der Waals surface area contributed by atoms with Crippen molar-refractivity contribution in [3.8, 4) is 0 Å². The monoisotopic (exact) mass is 229 g/mol. The molecular weight excluding hydrogens is 206 g/mol. The highest BCUT2D eigenvalue weighted by Crippen LogP contribution is 2.20. The summed E-state index contributed by atoms with van der Waals surface area (Å²) in [4.78, 5) is 10.8. The lowest BCUT2D eigenvalue weighted by Gasteiger charge is -2.23. The van der Waals surface area contributed by atoms with E-state index in [2.05, 4.69) is 0 Å². The molecule has 0 aromatic carbocycles. The number of hydrogen-bond donors (Lipinski definition) is 2. The minimum atomic E-state index is -1.12. The summed E-state index contributed by atoms with van der Waals surface area (Å²) in [5.74, 6) is -0.940. The van der Waals surface area contributed by atoms with Gasteiger partial charge in [0.25, 0.3) is 0 Å². The van der Waals surface area contributed by atoms with Crippen molar-refractivity contribution in [3.05, 3.63) is 0 Å². The molecule has 0 aromatic heterocycles. The Kier molecular flexibility index (Phi) is 5.22. The van der Waals surface area contributed by atoms with E-state index in [0.717, 1.165) is 19.3 Å². The molecule has 16 heavy (non-hydrogen) atoms. The Hall–Kier alpha value is -0.610. The third kappa shape index (κ3) is 4.49. The average Bonchev–Trinajstić information content (AvgIpc) is 2.26. The first-order valence-corrected chi connectivity index (χ1v) is 6.16. The topological polar surface area (TPSA) is 72.5 Å². The van der Waals surface area contributed by atoms with Crippen LogP contribution in [0.1, 0.15) is 51.9 Å². The summed E-state index contributed by atoms with van der Waals surface area (Å²) in [6.45, 7) is 2.18. The number of ether oxygens (including phenoxy) is 1. The molecule has 0 aliphatic heterocycles. The maximum atomic E-state index is 10.8. The quantitative estimate of drug-likeness (QED) is 0.682. The molecule has 0 amide bonds. The Morgan fingerprint density at radius 3 is 2.62 bits per heavy atom. The number of aliphatic carboxylic acids is 1. The highest BCUT2D eigenvalue weighted by Gasteiger charge is 2.27. The normalized spacial score (nSPS) is 21.6. The molecule has 94 valence electrons. The van der Waals surface area contributed by atoms with Crippen molar-refractivity contribution in [2.24, 2.45) is 5.73 Å². The summed E-state index contributed by atoms with van der Waals surface area (Å²) in [5.41, 5.74) is 4.51. The highest BCUT2D eigenvalue weighted by atomic mass is 16.5. The second kappa shape index (κ2) is 6.21. The second-order valence-electron chi connectivity index (χ2n) is 4.96. The maximum Gasteiger partial charge on any atom is 0.323 e. The molecule has 1 atom stereocenters. The fraction of sp³-hybridized carbons (Fsp3) is 0.917. The largest absolute Gasteiger partial charge is 0.480 e. The number of carboxylic acid groups (broad SMARTS) is 1. The molecule has 0 saturated heterocycles. The minimum Gasteiger partial charge on any atom is -0.480 e. The summed E-state index contributed by atoms with van der Waals surface area (Å²) in [7, 11) is 0. The van der Waals surface area contributed by atoms with Crippen molar-refractivity contribution >= 4 is 5.97 Å². The maximum absolute atomic E-state index is 10.8. The van der Waals surface area contributed by atoms with Gasteiger partial charge >= 0.3 is 5.97 Å². The van der Waals surface area contributed by atoms with Gasteiger partial charge in [-0.1, -0.05) is 19.3 Å². The Bertz CT molecular complexity index is 222. The van der Waals surface area contributed by atoms with Crippen LogP contribution in [0.15, 0.2) is 0 Å². The van der Waals surface area contributed by atoms with Gasteiger partial charge in [-0.15, -0.1) is 0 Å². The third-order valence-corrected chi connectivity index (χ3v) is 3.23. The highest BCUT2D eigenvalue weighted by molar-refractivity contribution is 5.77. The van der Waals surface area contributed by atoms with Gasteiger partial charge in [0.2, 0.25) is 0 Å². The van der Waals surface area contributed by atoms with Crippen molar-refractivity contribution in [2.75, 3.05) is 6.61 Å². The van der Waals surface area contributed by atoms with Gasteiger partial charge in [-0.3, -0.25) is 4.79 Å². The summed E-state index contributed by atoms with van der Waals surface area (Å²) in [6, 6.07) is 0. The van der Waals surface area contributed by atoms with Crippen molar-refractivity contribution in [3.63, 3.8) is 0 Å². The first-order chi connectivity index (χ1) is 7.52. The third-order valence-electron chi connectivity index (χ3n) is 3.23. The van der Waals surface area contributed by atoms with Gasteiger partial charge in [-0.25, -0.2) is 0 Å². The molecule has 0 heterocycles. The number of nitrogens with two attached hydrogens (primary N) is 1. The van der Waals surface area contributed by atoms with E-state index in [4.69, 9.17) is 15.6 Å². The van der Waals surface area contributed by atoms with E-state index in [0.29, 0.717) is 19.1 Å². The molecule has 1 saturated carbocycles. The van der Waals surface area contributed by atoms with Crippen LogP contribution in [0.3, 0.4) is 0 Å². The van der Waals surface area contributed by atoms with E-state index in [1.54, 1.807) is 6.92 Å². The van der Waals surface area contributed by atoms with Crippen LogP contribution in [0.5, 0.6) is 0 Å². The van der Waals surface area contributed by atoms with E-state index in [9.17, 15) is 4.79 Å². The van der Waals surface area contributed by atoms with Crippen LogP contribution in [0.4, 0.5) is 0 Å². The standard InChI is InChI=1S/C12H23NO3/c1-12(13,11(14)15)8-5-9-16-10-6-3-2-4-7-10/h10H,2-9,13H2,1H3,(H,14,15). The molecule has 0 bridgehead atoms. The van der Waals surface area contributed by atoms with Crippen molar-refractivity contribution in [1.82, 2.24) is 0 Å². The lowest BCUT2D eigenvalue weighted by molar-refractivity contribution is -0.143. The second-order valence-corrected chi connectivity index (χ2v) is 4.96. The Morgan fingerprint density at radius 1 is 1.44 bits per heavy atom. The fourth-order valence-corrected chi connectivity index (χ4v) is 2.03. The van der Waals surface area contributed by atoms with Gasteiger partial charge in [-0.2, -0.15) is 0 Å². The molecule has 4 heteroatoms. The molecule has 1 rings (SSSR count). The van der Waals surface area contributed by atoms with Crippen molar-refractivity contribution in [2.45, 2.75) is 63.5 Å². The van der Waals surface area contributed by atoms with Crippen LogP contribution in [0, 0.1) is 0 Å². The van der Waals surface area contributed by atoms with Crippen LogP contribution in [0.2, 0.25) is 0 Å². The van der Waals surface area contributed by atoms with E-state index >= 15 is 0 Å². The summed E-state index contributed by atoms with van der Waals surface area (Å²) < 4.78 is 5.71. The predicted molar refractivity (Wildman–Crippen MR) is 62.3 cm³/mol. The molecule has 4 nitrogen and oxygen atoms in total. The molecule has 0 aromatic rings. The van der Waals surface area contributed by atoms with Crippen LogP contribution < -0.4 is 5.73 Å². The van der Waals surface area contributed by atoms with Gasteiger partial charge in [0, 0.05) is 6.61 Å². The summed E-state index contributed by atoms with van der Waals surface area (Å²) >= 11 is 0.